The van der Waals surface area contributed by atoms with Gasteiger partial charge in [0.1, 0.15) is 0 Å². The summed E-state index contributed by atoms with van der Waals surface area (Å²) in [6.07, 6.45) is -4.84. The Hall–Kier alpha value is -2.39. The molecule has 160 valence electrons. The number of nitrogens with one attached hydrogen (secondary N) is 1. The summed E-state index contributed by atoms with van der Waals surface area (Å²) in [4.78, 5) is 27.1. The van der Waals surface area contributed by atoms with Gasteiger partial charge < -0.3 is 15.1 Å². The first-order valence-corrected chi connectivity index (χ1v) is 10.5. The molecule has 0 bridgehead atoms. The molecular formula is C20H19ClF3N3O2S. The Morgan fingerprint density at radius 3 is 2.13 bits per heavy atom. The van der Waals surface area contributed by atoms with Crippen LogP contribution in [0.25, 0.3) is 0 Å². The second-order valence-corrected chi connectivity index (χ2v) is 8.10. The fraction of sp³-hybridized carbons (Fsp3) is 0.300. The summed E-state index contributed by atoms with van der Waals surface area (Å²) in [5, 5.41) is 3.45. The van der Waals surface area contributed by atoms with Crippen molar-refractivity contribution >= 4 is 46.6 Å². The number of hydrogen-bond donors (Lipinski definition) is 1. The van der Waals surface area contributed by atoms with Gasteiger partial charge in [-0.05, 0) is 48.5 Å². The molecule has 0 atom stereocenters. The van der Waals surface area contributed by atoms with Gasteiger partial charge in [-0.25, -0.2) is 0 Å². The summed E-state index contributed by atoms with van der Waals surface area (Å²) >= 11 is 7.23. The highest BCUT2D eigenvalue weighted by atomic mass is 35.5. The van der Waals surface area contributed by atoms with Gasteiger partial charge in [0.15, 0.2) is 0 Å². The maximum atomic E-state index is 12.5. The number of hydrogen-bond acceptors (Lipinski definition) is 4. The first kappa shape index (κ1) is 22.3. The number of carbonyl (C=O) groups excluding carboxylic acids is 2. The van der Waals surface area contributed by atoms with E-state index in [4.69, 9.17) is 11.6 Å². The second kappa shape index (κ2) is 9.61. The highest BCUT2D eigenvalue weighted by molar-refractivity contribution is 8.00. The lowest BCUT2D eigenvalue weighted by Crippen LogP contribution is -2.52. The zero-order chi connectivity index (χ0) is 21.7. The van der Waals surface area contributed by atoms with Gasteiger partial charge in [-0.2, -0.15) is 13.2 Å². The number of thioether (sulfide) groups is 1. The van der Waals surface area contributed by atoms with Crippen LogP contribution in [0.4, 0.5) is 24.5 Å². The van der Waals surface area contributed by atoms with Crippen LogP contribution in [0.5, 0.6) is 0 Å². The SMILES string of the molecule is O=C(CSc1ccc(Cl)cc1)Nc1ccc(N2CCN(C(=O)C(F)(F)F)CC2)cc1. The van der Waals surface area contributed by atoms with Gasteiger partial charge in [-0.3, -0.25) is 9.59 Å². The Morgan fingerprint density at radius 1 is 0.967 bits per heavy atom. The largest absolute Gasteiger partial charge is 0.471 e. The molecule has 1 saturated heterocycles. The standard InChI is InChI=1S/C20H19ClF3N3O2S/c21-14-1-7-17(8-2-14)30-13-18(28)25-15-3-5-16(6-4-15)26-9-11-27(12-10-26)19(29)20(22,23)24/h1-8H,9-13H2,(H,25,28). The fourth-order valence-electron chi connectivity index (χ4n) is 2.98. The van der Waals surface area contributed by atoms with Crippen molar-refractivity contribution in [2.75, 3.05) is 42.1 Å². The quantitative estimate of drug-likeness (QED) is 0.681. The molecule has 0 spiro atoms. The topological polar surface area (TPSA) is 52.7 Å². The zero-order valence-corrected chi connectivity index (χ0v) is 17.4. The van der Waals surface area contributed by atoms with Crippen LogP contribution in [0.15, 0.2) is 53.4 Å². The van der Waals surface area contributed by atoms with Gasteiger partial charge in [-0.1, -0.05) is 11.6 Å². The Morgan fingerprint density at radius 2 is 1.57 bits per heavy atom. The molecule has 0 aliphatic carbocycles. The van der Waals surface area contributed by atoms with Crippen molar-refractivity contribution in [1.82, 2.24) is 4.90 Å². The number of rotatable bonds is 5. The molecule has 30 heavy (non-hydrogen) atoms. The highest BCUT2D eigenvalue weighted by Gasteiger charge is 2.43. The van der Waals surface area contributed by atoms with Crippen molar-refractivity contribution in [3.8, 4) is 0 Å². The Kier molecular flexibility index (Phi) is 7.14. The molecule has 5 nitrogen and oxygen atoms in total. The van der Waals surface area contributed by atoms with E-state index in [1.807, 2.05) is 17.0 Å². The van der Waals surface area contributed by atoms with Crippen molar-refractivity contribution in [2.24, 2.45) is 0 Å². The predicted octanol–water partition coefficient (Wildman–Crippen LogP) is 4.28. The lowest BCUT2D eigenvalue weighted by molar-refractivity contribution is -0.185. The number of benzene rings is 2. The summed E-state index contributed by atoms with van der Waals surface area (Å²) < 4.78 is 37.6. The van der Waals surface area contributed by atoms with Crippen molar-refractivity contribution in [2.45, 2.75) is 11.1 Å². The third-order valence-corrected chi connectivity index (χ3v) is 5.77. The first-order chi connectivity index (χ1) is 14.2. The van der Waals surface area contributed by atoms with Crippen LogP contribution in [-0.4, -0.2) is 54.8 Å². The third-order valence-electron chi connectivity index (χ3n) is 4.51. The van der Waals surface area contributed by atoms with Gasteiger partial charge in [0.2, 0.25) is 5.91 Å². The Balaban J connectivity index is 1.47. The Labute approximate surface area is 181 Å². The van der Waals surface area contributed by atoms with Crippen molar-refractivity contribution < 1.29 is 22.8 Å². The maximum Gasteiger partial charge on any atom is 0.471 e. The molecule has 0 radical (unpaired) electrons. The molecule has 1 aliphatic heterocycles. The van der Waals surface area contributed by atoms with E-state index in [1.165, 1.54) is 11.8 Å². The average Bonchev–Trinajstić information content (AvgIpc) is 2.73. The minimum Gasteiger partial charge on any atom is -0.368 e. The second-order valence-electron chi connectivity index (χ2n) is 6.61. The summed E-state index contributed by atoms with van der Waals surface area (Å²) in [6, 6.07) is 14.3. The van der Waals surface area contributed by atoms with E-state index in [2.05, 4.69) is 5.32 Å². The Bertz CT molecular complexity index is 884. The number of carbonyl (C=O) groups is 2. The van der Waals surface area contributed by atoms with Crippen molar-refractivity contribution in [3.63, 3.8) is 0 Å². The van der Waals surface area contributed by atoms with Crippen LogP contribution in [0.1, 0.15) is 0 Å². The van der Waals surface area contributed by atoms with Crippen LogP contribution < -0.4 is 10.2 Å². The molecule has 2 aromatic rings. The van der Waals surface area contributed by atoms with E-state index in [1.54, 1.807) is 36.4 Å². The van der Waals surface area contributed by atoms with E-state index in [0.717, 1.165) is 15.5 Å². The van der Waals surface area contributed by atoms with E-state index < -0.39 is 12.1 Å². The monoisotopic (exact) mass is 457 g/mol. The first-order valence-electron chi connectivity index (χ1n) is 9.12. The molecule has 10 heteroatoms. The van der Waals surface area contributed by atoms with Crippen LogP contribution in [-0.2, 0) is 9.59 Å². The molecule has 0 aromatic heterocycles. The number of alkyl halides is 3. The number of amides is 2. The van der Waals surface area contributed by atoms with Crippen LogP contribution >= 0.6 is 23.4 Å². The summed E-state index contributed by atoms with van der Waals surface area (Å²) in [5.74, 6) is -1.70. The third kappa shape index (κ3) is 6.06. The van der Waals surface area contributed by atoms with Crippen molar-refractivity contribution in [3.05, 3.63) is 53.6 Å². The molecule has 2 aromatic carbocycles. The van der Waals surface area contributed by atoms with Crippen LogP contribution in [0, 0.1) is 0 Å². The highest BCUT2D eigenvalue weighted by Crippen LogP contribution is 2.24. The number of anilines is 2. The molecule has 1 fully saturated rings. The van der Waals surface area contributed by atoms with Gasteiger partial charge in [-0.15, -0.1) is 11.8 Å². The fourth-order valence-corrected chi connectivity index (χ4v) is 3.80. The van der Waals surface area contributed by atoms with Gasteiger partial charge in [0.25, 0.3) is 0 Å². The normalized spacial score (nSPS) is 14.5. The minimum atomic E-state index is -4.84. The molecule has 1 N–H and O–H groups in total. The molecule has 1 heterocycles. The lowest BCUT2D eigenvalue weighted by Gasteiger charge is -2.36. The molecule has 0 unspecified atom stereocenters. The summed E-state index contributed by atoms with van der Waals surface area (Å²) in [7, 11) is 0. The molecule has 3 rings (SSSR count). The lowest BCUT2D eigenvalue weighted by atomic mass is 10.2. The van der Waals surface area contributed by atoms with Crippen LogP contribution in [0.2, 0.25) is 5.02 Å². The van der Waals surface area contributed by atoms with E-state index in [9.17, 15) is 22.8 Å². The number of nitrogens with zero attached hydrogens (tertiary/aromatic N) is 2. The number of halogens is 4. The van der Waals surface area contributed by atoms with E-state index >= 15 is 0 Å². The van der Waals surface area contributed by atoms with Gasteiger partial charge >= 0.3 is 12.1 Å². The molecular weight excluding hydrogens is 439 g/mol. The summed E-state index contributed by atoms with van der Waals surface area (Å²) in [5.41, 5.74) is 1.45. The molecule has 1 aliphatic rings. The van der Waals surface area contributed by atoms with Crippen molar-refractivity contribution in [1.29, 1.82) is 0 Å². The van der Waals surface area contributed by atoms with Gasteiger partial charge in [0.05, 0.1) is 5.75 Å². The molecule has 2 amide bonds. The maximum absolute atomic E-state index is 12.5. The predicted molar refractivity (Wildman–Crippen MR) is 112 cm³/mol. The summed E-state index contributed by atoms with van der Waals surface area (Å²) in [6.45, 7) is 0.647. The minimum absolute atomic E-state index is 0.0127. The molecule has 0 saturated carbocycles. The number of piperazine rings is 1. The van der Waals surface area contributed by atoms with E-state index in [-0.39, 0.29) is 24.7 Å². The van der Waals surface area contributed by atoms with Gasteiger partial charge in [0, 0.05) is 47.5 Å². The zero-order valence-electron chi connectivity index (χ0n) is 15.8. The smallest absolute Gasteiger partial charge is 0.368 e. The van der Waals surface area contributed by atoms with E-state index in [0.29, 0.717) is 23.8 Å². The average molecular weight is 458 g/mol. The van der Waals surface area contributed by atoms with Crippen LogP contribution in [0.3, 0.4) is 0 Å².